The molecule has 9 heteroatoms. The molecule has 0 amide bonds. The summed E-state index contributed by atoms with van der Waals surface area (Å²) in [4.78, 5) is 12.0. The van der Waals surface area contributed by atoms with Gasteiger partial charge in [0.25, 0.3) is 5.92 Å². The molecule has 2 aromatic rings. The maximum Gasteiger partial charge on any atom is 0.320 e. The number of nitrogens with zero attached hydrogens (tertiary/aromatic N) is 4. The van der Waals surface area contributed by atoms with Crippen molar-refractivity contribution in [2.75, 3.05) is 13.7 Å². The second-order valence-corrected chi connectivity index (χ2v) is 4.99. The highest BCUT2D eigenvalue weighted by Gasteiger charge is 2.23. The van der Waals surface area contributed by atoms with Gasteiger partial charge in [0.1, 0.15) is 12.3 Å². The third-order valence-corrected chi connectivity index (χ3v) is 3.05. The number of rotatable bonds is 7. The second kappa shape index (κ2) is 8.13. The van der Waals surface area contributed by atoms with Gasteiger partial charge in [-0.1, -0.05) is 12.1 Å². The van der Waals surface area contributed by atoms with Crippen LogP contribution in [0.25, 0.3) is 0 Å². The van der Waals surface area contributed by atoms with Gasteiger partial charge in [0.2, 0.25) is 5.88 Å². The lowest BCUT2D eigenvalue weighted by Gasteiger charge is -2.10. The molecule has 7 nitrogen and oxygen atoms in total. The molecule has 0 atom stereocenters. The predicted octanol–water partition coefficient (Wildman–Crippen LogP) is 2.69. The molecule has 2 N–H and O–H groups in total. The van der Waals surface area contributed by atoms with Crippen LogP contribution in [0, 0.1) is 0 Å². The Kier molecular flexibility index (Phi) is 5.93. The number of nitrogens with two attached hydrogens (primary N) is 1. The van der Waals surface area contributed by atoms with Crippen molar-refractivity contribution in [1.82, 2.24) is 9.97 Å². The van der Waals surface area contributed by atoms with Crippen LogP contribution < -0.4 is 15.3 Å². The van der Waals surface area contributed by atoms with Crippen molar-refractivity contribution in [3.63, 3.8) is 0 Å². The zero-order valence-electron chi connectivity index (χ0n) is 13.7. The fourth-order valence-corrected chi connectivity index (χ4v) is 1.76. The fourth-order valence-electron chi connectivity index (χ4n) is 1.76. The fraction of sp³-hybridized carbons (Fsp3) is 0.250. The smallest absolute Gasteiger partial charge is 0.320 e. The summed E-state index contributed by atoms with van der Waals surface area (Å²) in [6.07, 6.45) is 2.80. The van der Waals surface area contributed by atoms with Gasteiger partial charge in [-0.25, -0.2) is 13.8 Å². The molecule has 0 aliphatic heterocycles. The molecule has 1 heterocycles. The lowest BCUT2D eigenvalue weighted by Crippen LogP contribution is -2.16. The van der Waals surface area contributed by atoms with Gasteiger partial charge in [0.05, 0.1) is 19.0 Å². The van der Waals surface area contributed by atoms with Gasteiger partial charge in [-0.05, 0) is 12.1 Å². The summed E-state index contributed by atoms with van der Waals surface area (Å²) in [6.45, 7) is 0.779. The Morgan fingerprint density at radius 2 is 2.16 bits per heavy atom. The SMILES string of the molecule is COc1ccnc(OCC(C=Nc2cccc(C(C)(F)F)c2)=NN)n1. The number of hydrazone groups is 1. The molecule has 2 rings (SSSR count). The third kappa shape index (κ3) is 5.48. The number of ether oxygens (including phenoxy) is 2. The van der Waals surface area contributed by atoms with Crippen LogP contribution in [-0.4, -0.2) is 35.6 Å². The maximum atomic E-state index is 13.3. The highest BCUT2D eigenvalue weighted by atomic mass is 19.3. The molecular weight excluding hydrogens is 332 g/mol. The number of aromatic nitrogens is 2. The summed E-state index contributed by atoms with van der Waals surface area (Å²) in [6, 6.07) is 7.37. The summed E-state index contributed by atoms with van der Waals surface area (Å²) in [5.41, 5.74) is 0.493. The Labute approximate surface area is 143 Å². The predicted molar refractivity (Wildman–Crippen MR) is 89.9 cm³/mol. The van der Waals surface area contributed by atoms with Gasteiger partial charge in [0.15, 0.2) is 0 Å². The van der Waals surface area contributed by atoms with Crippen molar-refractivity contribution >= 4 is 17.6 Å². The van der Waals surface area contributed by atoms with E-state index in [-0.39, 0.29) is 23.9 Å². The Balaban J connectivity index is 2.03. The highest BCUT2D eigenvalue weighted by Crippen LogP contribution is 2.29. The quantitative estimate of drug-likeness (QED) is 0.471. The summed E-state index contributed by atoms with van der Waals surface area (Å²) >= 11 is 0. The van der Waals surface area contributed by atoms with Crippen LogP contribution in [0.4, 0.5) is 14.5 Å². The molecule has 0 fully saturated rings. The van der Waals surface area contributed by atoms with Gasteiger partial charge in [-0.3, -0.25) is 4.99 Å². The summed E-state index contributed by atoms with van der Waals surface area (Å²) < 4.78 is 37.0. The first-order chi connectivity index (χ1) is 11.9. The first kappa shape index (κ1) is 18.2. The minimum absolute atomic E-state index is 0.0448. The van der Waals surface area contributed by atoms with Crippen LogP contribution in [0.5, 0.6) is 11.9 Å². The molecule has 1 aromatic carbocycles. The Morgan fingerprint density at radius 3 is 2.84 bits per heavy atom. The number of alkyl halides is 2. The summed E-state index contributed by atoms with van der Waals surface area (Å²) in [5.74, 6) is 2.70. The van der Waals surface area contributed by atoms with Gasteiger partial charge >= 0.3 is 6.01 Å². The van der Waals surface area contributed by atoms with Crippen LogP contribution in [0.3, 0.4) is 0 Å². The van der Waals surface area contributed by atoms with E-state index in [2.05, 4.69) is 20.1 Å². The lowest BCUT2D eigenvalue weighted by atomic mass is 10.1. The van der Waals surface area contributed by atoms with E-state index in [1.54, 1.807) is 12.1 Å². The average Bonchev–Trinajstić information content (AvgIpc) is 2.61. The lowest BCUT2D eigenvalue weighted by molar-refractivity contribution is 0.0175. The van der Waals surface area contributed by atoms with E-state index < -0.39 is 5.92 Å². The van der Waals surface area contributed by atoms with E-state index in [0.717, 1.165) is 6.92 Å². The van der Waals surface area contributed by atoms with E-state index in [4.69, 9.17) is 15.3 Å². The van der Waals surface area contributed by atoms with Crippen LogP contribution in [0.2, 0.25) is 0 Å². The minimum atomic E-state index is -2.94. The van der Waals surface area contributed by atoms with Gasteiger partial charge in [-0.15, -0.1) is 0 Å². The van der Waals surface area contributed by atoms with E-state index >= 15 is 0 Å². The van der Waals surface area contributed by atoms with E-state index in [9.17, 15) is 8.78 Å². The van der Waals surface area contributed by atoms with E-state index in [1.807, 2.05) is 0 Å². The monoisotopic (exact) mass is 349 g/mol. The molecule has 0 saturated carbocycles. The van der Waals surface area contributed by atoms with Gasteiger partial charge in [0, 0.05) is 24.8 Å². The van der Waals surface area contributed by atoms with Crippen molar-refractivity contribution in [3.8, 4) is 11.9 Å². The van der Waals surface area contributed by atoms with Gasteiger partial charge in [-0.2, -0.15) is 10.1 Å². The number of aliphatic imine (C=N–C) groups is 1. The van der Waals surface area contributed by atoms with Crippen LogP contribution in [-0.2, 0) is 5.92 Å². The molecule has 25 heavy (non-hydrogen) atoms. The maximum absolute atomic E-state index is 13.3. The topological polar surface area (TPSA) is 95.0 Å². The summed E-state index contributed by atoms with van der Waals surface area (Å²) in [7, 11) is 1.47. The molecule has 0 spiro atoms. The average molecular weight is 349 g/mol. The second-order valence-electron chi connectivity index (χ2n) is 4.99. The molecule has 0 radical (unpaired) electrons. The number of benzene rings is 1. The van der Waals surface area contributed by atoms with Crippen molar-refractivity contribution in [3.05, 3.63) is 42.1 Å². The highest BCUT2D eigenvalue weighted by molar-refractivity contribution is 6.31. The first-order valence-electron chi connectivity index (χ1n) is 7.21. The zero-order valence-corrected chi connectivity index (χ0v) is 13.7. The summed E-state index contributed by atoms with van der Waals surface area (Å²) in [5, 5.41) is 3.54. The molecule has 0 aliphatic rings. The number of hydrogen-bond acceptors (Lipinski definition) is 7. The van der Waals surface area contributed by atoms with Crippen LogP contribution >= 0.6 is 0 Å². The zero-order chi connectivity index (χ0) is 18.3. The van der Waals surface area contributed by atoms with E-state index in [0.29, 0.717) is 11.6 Å². The van der Waals surface area contributed by atoms with Crippen molar-refractivity contribution in [2.24, 2.45) is 15.9 Å². The molecule has 0 unspecified atom stereocenters. The normalized spacial score (nSPS) is 12.4. The molecule has 132 valence electrons. The first-order valence-corrected chi connectivity index (χ1v) is 7.21. The van der Waals surface area contributed by atoms with Crippen LogP contribution in [0.15, 0.2) is 46.6 Å². The molecule has 0 saturated heterocycles. The number of methoxy groups -OCH3 is 1. The van der Waals surface area contributed by atoms with Gasteiger partial charge < -0.3 is 15.3 Å². The van der Waals surface area contributed by atoms with Crippen molar-refractivity contribution in [2.45, 2.75) is 12.8 Å². The van der Waals surface area contributed by atoms with E-state index in [1.165, 1.54) is 37.7 Å². The molecule has 1 aromatic heterocycles. The Hall–Kier alpha value is -3.10. The Morgan fingerprint density at radius 1 is 1.36 bits per heavy atom. The molecule has 0 aliphatic carbocycles. The Bertz CT molecular complexity index is 775. The molecule has 0 bridgehead atoms. The standard InChI is InChI=1S/C16H17F2N5O2/c1-16(17,18)11-4-3-5-12(8-11)21-9-13(23-19)10-25-15-20-7-6-14(22-15)24-2/h3-9H,10,19H2,1-2H3. The van der Waals surface area contributed by atoms with Crippen molar-refractivity contribution in [1.29, 1.82) is 0 Å². The molecular formula is C16H17F2N5O2. The number of hydrogen-bond donors (Lipinski definition) is 1. The van der Waals surface area contributed by atoms with Crippen LogP contribution in [0.1, 0.15) is 12.5 Å². The third-order valence-electron chi connectivity index (χ3n) is 3.05. The largest absolute Gasteiger partial charge is 0.481 e. The minimum Gasteiger partial charge on any atom is -0.481 e. The number of halogens is 2. The van der Waals surface area contributed by atoms with Crippen molar-refractivity contribution < 1.29 is 18.3 Å².